The second-order valence-electron chi connectivity index (χ2n) is 9.96. The fraction of sp³-hybridized carbons (Fsp3) is 0.276. The fourth-order valence-electron chi connectivity index (χ4n) is 5.01. The van der Waals surface area contributed by atoms with Gasteiger partial charge in [0.15, 0.2) is 17.2 Å². The van der Waals surface area contributed by atoms with E-state index in [9.17, 15) is 13.6 Å². The van der Waals surface area contributed by atoms with Gasteiger partial charge in [0.1, 0.15) is 23.6 Å². The van der Waals surface area contributed by atoms with Gasteiger partial charge in [0.2, 0.25) is 11.5 Å². The van der Waals surface area contributed by atoms with Crippen molar-refractivity contribution in [2.24, 2.45) is 5.92 Å². The van der Waals surface area contributed by atoms with Crippen LogP contribution in [-0.4, -0.2) is 43.1 Å². The van der Waals surface area contributed by atoms with Crippen molar-refractivity contribution in [3.63, 3.8) is 0 Å². The molecule has 1 atom stereocenters. The van der Waals surface area contributed by atoms with Crippen LogP contribution in [0.15, 0.2) is 60.6 Å². The molecule has 6 rings (SSSR count). The molecule has 2 aromatic carbocycles. The summed E-state index contributed by atoms with van der Waals surface area (Å²) < 4.78 is 34.8. The number of amides is 1. The van der Waals surface area contributed by atoms with Crippen molar-refractivity contribution in [2.75, 3.05) is 12.3 Å². The molecule has 2 fully saturated rings. The molecule has 1 saturated carbocycles. The average Bonchev–Trinajstić information content (AvgIpc) is 3.54. The average molecular weight is 542 g/mol. The summed E-state index contributed by atoms with van der Waals surface area (Å²) in [5.74, 6) is -1.60. The lowest BCUT2D eigenvalue weighted by Gasteiger charge is -2.24. The summed E-state index contributed by atoms with van der Waals surface area (Å²) in [4.78, 5) is 27.1. The molecule has 3 heterocycles. The summed E-state index contributed by atoms with van der Waals surface area (Å²) in [5.41, 5.74) is 8.21. The number of ether oxygens (including phenoxy) is 1. The van der Waals surface area contributed by atoms with Crippen LogP contribution >= 0.6 is 0 Å². The van der Waals surface area contributed by atoms with E-state index in [2.05, 4.69) is 14.8 Å². The number of halogens is 2. The van der Waals surface area contributed by atoms with E-state index in [0.29, 0.717) is 47.0 Å². The summed E-state index contributed by atoms with van der Waals surface area (Å²) in [6.07, 6.45) is 6.83. The molecule has 4 aromatic rings. The number of nitrogens with zero attached hydrogens (tertiary/aromatic N) is 6. The molecule has 0 bridgehead atoms. The van der Waals surface area contributed by atoms with Crippen LogP contribution in [0.2, 0.25) is 0 Å². The van der Waals surface area contributed by atoms with E-state index >= 15 is 0 Å². The van der Waals surface area contributed by atoms with Crippen LogP contribution in [0.1, 0.15) is 25.7 Å². The molecule has 2 aliphatic rings. The highest BCUT2D eigenvalue weighted by molar-refractivity contribution is 5.98. The van der Waals surface area contributed by atoms with Crippen LogP contribution in [0, 0.1) is 24.1 Å². The number of carbonyl (C=O) groups is 1. The molecule has 0 unspecified atom stereocenters. The number of carbonyl (C=O) groups excluding carboxylic acids is 1. The summed E-state index contributed by atoms with van der Waals surface area (Å²) in [6, 6.07) is 10.3. The Bertz CT molecular complexity index is 1670. The molecule has 2 aromatic heterocycles. The number of nitrogens with two attached hydrogens (primary N) is 1. The van der Waals surface area contributed by atoms with E-state index in [4.69, 9.17) is 22.1 Å². The van der Waals surface area contributed by atoms with Crippen molar-refractivity contribution in [2.45, 2.75) is 38.3 Å². The quantitative estimate of drug-likeness (QED) is 0.250. The number of allylic oxidation sites excluding steroid dienone is 1. The number of hydrogen-bond donors (Lipinski definition) is 1. The van der Waals surface area contributed by atoms with Gasteiger partial charge in [-0.15, -0.1) is 0 Å². The number of benzene rings is 2. The van der Waals surface area contributed by atoms with E-state index in [-0.39, 0.29) is 29.2 Å². The first-order valence-corrected chi connectivity index (χ1v) is 13.0. The van der Waals surface area contributed by atoms with Gasteiger partial charge in [0.25, 0.3) is 5.91 Å². The van der Waals surface area contributed by atoms with Crippen molar-refractivity contribution in [1.82, 2.24) is 24.6 Å². The number of fused-ring (bicyclic) bond motifs is 1. The highest BCUT2D eigenvalue weighted by Crippen LogP contribution is 2.35. The molecule has 1 aliphatic heterocycles. The Hall–Kier alpha value is -4.85. The standard InChI is InChI=1S/C29H25F2N7O2/c1-33-22(14-17-7-8-17)29(39)37-13-3-4-19(37)15-38-28-24(27(32)34-16-35-28)26(36-38)18-9-11-20(12-10-18)40-23-6-2-5-21(30)25(23)31/h2,5-6,9-12,14,16-17,19H,3-4,7-8,13,15H2,(H2,32,34,35)/t19-/m1/s1. The summed E-state index contributed by atoms with van der Waals surface area (Å²) in [7, 11) is 0. The molecule has 1 amide bonds. The maximum atomic E-state index is 14.0. The third-order valence-corrected chi connectivity index (χ3v) is 7.21. The summed E-state index contributed by atoms with van der Waals surface area (Å²) >= 11 is 0. The fourth-order valence-corrected chi connectivity index (χ4v) is 5.01. The van der Waals surface area contributed by atoms with Crippen LogP contribution in [-0.2, 0) is 11.3 Å². The highest BCUT2D eigenvalue weighted by Gasteiger charge is 2.33. The molecule has 202 valence electrons. The number of rotatable bonds is 7. The molecule has 11 heteroatoms. The Kier molecular flexibility index (Phi) is 6.59. The first-order valence-electron chi connectivity index (χ1n) is 13.0. The molecular formula is C29H25F2N7O2. The van der Waals surface area contributed by atoms with Crippen molar-refractivity contribution >= 4 is 22.8 Å². The normalized spacial score (nSPS) is 17.3. The van der Waals surface area contributed by atoms with Crippen molar-refractivity contribution in [3.8, 4) is 22.8 Å². The van der Waals surface area contributed by atoms with Crippen molar-refractivity contribution < 1.29 is 18.3 Å². The molecule has 1 aliphatic carbocycles. The van der Waals surface area contributed by atoms with Gasteiger partial charge < -0.3 is 15.4 Å². The Balaban J connectivity index is 1.28. The third-order valence-electron chi connectivity index (χ3n) is 7.21. The van der Waals surface area contributed by atoms with Crippen LogP contribution < -0.4 is 10.5 Å². The lowest BCUT2D eigenvalue weighted by molar-refractivity contribution is -0.127. The van der Waals surface area contributed by atoms with Gasteiger partial charge in [-0.25, -0.2) is 23.9 Å². The SMILES string of the molecule is [C-]#[N+]C(=CC1CC1)C(=O)N1CCC[C@@H]1Cn1nc(-c2ccc(Oc3cccc(F)c3F)cc2)c2c(N)ncnc21. The van der Waals surface area contributed by atoms with Gasteiger partial charge in [-0.05, 0) is 68.0 Å². The lowest BCUT2D eigenvalue weighted by atomic mass is 10.1. The molecule has 40 heavy (non-hydrogen) atoms. The van der Waals surface area contributed by atoms with Gasteiger partial charge in [-0.3, -0.25) is 4.79 Å². The molecule has 0 radical (unpaired) electrons. The first kappa shape index (κ1) is 25.4. The second-order valence-corrected chi connectivity index (χ2v) is 9.96. The first-order chi connectivity index (χ1) is 19.4. The number of aromatic nitrogens is 4. The van der Waals surface area contributed by atoms with Crippen LogP contribution in [0.3, 0.4) is 0 Å². The molecule has 2 N–H and O–H groups in total. The van der Waals surface area contributed by atoms with Crippen LogP contribution in [0.4, 0.5) is 14.6 Å². The zero-order valence-electron chi connectivity index (χ0n) is 21.4. The third kappa shape index (κ3) is 4.84. The van der Waals surface area contributed by atoms with Crippen LogP contribution in [0.25, 0.3) is 27.1 Å². The summed E-state index contributed by atoms with van der Waals surface area (Å²) in [6.45, 7) is 8.47. The predicted octanol–water partition coefficient (Wildman–Crippen LogP) is 5.35. The maximum Gasteiger partial charge on any atom is 0.252 e. The zero-order valence-corrected chi connectivity index (χ0v) is 21.4. The topological polar surface area (TPSA) is 104 Å². The largest absolute Gasteiger partial charge is 0.454 e. The predicted molar refractivity (Wildman–Crippen MR) is 144 cm³/mol. The molecular weight excluding hydrogens is 516 g/mol. The second kappa shape index (κ2) is 10.4. The Morgan fingerprint density at radius 3 is 2.70 bits per heavy atom. The maximum absolute atomic E-state index is 14.0. The Labute approximate surface area is 228 Å². The number of nitrogen functional groups attached to an aromatic ring is 1. The van der Waals surface area contributed by atoms with Crippen molar-refractivity contribution in [3.05, 3.63) is 83.6 Å². The van der Waals surface area contributed by atoms with E-state index in [0.717, 1.165) is 31.7 Å². The monoisotopic (exact) mass is 541 g/mol. The minimum Gasteiger partial charge on any atom is -0.454 e. The van der Waals surface area contributed by atoms with Crippen molar-refractivity contribution in [1.29, 1.82) is 0 Å². The van der Waals surface area contributed by atoms with Crippen LogP contribution in [0.5, 0.6) is 11.5 Å². The Morgan fingerprint density at radius 2 is 1.95 bits per heavy atom. The van der Waals surface area contributed by atoms with E-state index < -0.39 is 11.6 Å². The number of anilines is 1. The minimum atomic E-state index is -1.06. The number of likely N-dealkylation sites (tertiary alicyclic amines) is 1. The highest BCUT2D eigenvalue weighted by atomic mass is 19.2. The molecule has 0 spiro atoms. The van der Waals surface area contributed by atoms with Gasteiger partial charge >= 0.3 is 0 Å². The van der Waals surface area contributed by atoms with E-state index in [1.54, 1.807) is 39.9 Å². The Morgan fingerprint density at radius 1 is 1.15 bits per heavy atom. The van der Waals surface area contributed by atoms with Gasteiger partial charge in [-0.1, -0.05) is 12.1 Å². The van der Waals surface area contributed by atoms with Gasteiger partial charge in [-0.2, -0.15) is 9.49 Å². The van der Waals surface area contributed by atoms with E-state index in [1.807, 2.05) is 0 Å². The number of hydrogen-bond acceptors (Lipinski definition) is 6. The smallest absolute Gasteiger partial charge is 0.252 e. The van der Waals surface area contributed by atoms with E-state index in [1.165, 1.54) is 18.5 Å². The van der Waals surface area contributed by atoms with Gasteiger partial charge in [0, 0.05) is 12.1 Å². The zero-order chi connectivity index (χ0) is 27.8. The lowest BCUT2D eigenvalue weighted by Crippen LogP contribution is -2.38. The molecule has 1 saturated heterocycles. The minimum absolute atomic E-state index is 0.152. The summed E-state index contributed by atoms with van der Waals surface area (Å²) in [5, 5.41) is 5.38. The van der Waals surface area contributed by atoms with Gasteiger partial charge in [0.05, 0.1) is 24.5 Å². The molecule has 9 nitrogen and oxygen atoms in total.